The number of rotatable bonds is 3. The molecule has 2 fully saturated rings. The maximum Gasteiger partial charge on any atom is 0.240 e. The summed E-state index contributed by atoms with van der Waals surface area (Å²) in [5.41, 5.74) is -0.732. The molecule has 1 aromatic carbocycles. The van der Waals surface area contributed by atoms with Crippen LogP contribution in [0.5, 0.6) is 0 Å². The topological polar surface area (TPSA) is 89.5 Å². The Hall–Kier alpha value is -0.480. The van der Waals surface area contributed by atoms with Crippen LogP contribution in [-0.2, 0) is 24.6 Å². The van der Waals surface area contributed by atoms with Gasteiger partial charge in [-0.1, -0.05) is 15.9 Å². The summed E-state index contributed by atoms with van der Waals surface area (Å²) >= 11 is 3.27. The Kier molecular flexibility index (Phi) is 4.61. The fraction of sp³-hybridized carbons (Fsp3) is 0.571. The minimum absolute atomic E-state index is 0.0173. The second kappa shape index (κ2) is 6.11. The largest absolute Gasteiger partial charge is 0.374 e. The minimum Gasteiger partial charge on any atom is -0.374 e. The number of halogens is 1. The first-order chi connectivity index (χ1) is 10.7. The maximum absolute atomic E-state index is 12.5. The number of benzene rings is 1. The Morgan fingerprint density at radius 2 is 1.96 bits per heavy atom. The number of hydrogen-bond acceptors (Lipinski definition) is 5. The van der Waals surface area contributed by atoms with Crippen molar-refractivity contribution in [2.75, 3.05) is 18.1 Å². The van der Waals surface area contributed by atoms with E-state index >= 15 is 0 Å². The lowest BCUT2D eigenvalue weighted by Crippen LogP contribution is -2.49. The lowest BCUT2D eigenvalue weighted by molar-refractivity contribution is -0.0675. The van der Waals surface area contributed by atoms with Gasteiger partial charge in [0.25, 0.3) is 0 Å². The van der Waals surface area contributed by atoms with Crippen molar-refractivity contribution in [2.45, 2.75) is 35.8 Å². The zero-order valence-corrected chi connectivity index (χ0v) is 15.6. The van der Waals surface area contributed by atoms with Gasteiger partial charge in [0.2, 0.25) is 10.0 Å². The van der Waals surface area contributed by atoms with Crippen molar-refractivity contribution in [3.05, 3.63) is 28.7 Å². The van der Waals surface area contributed by atoms with Gasteiger partial charge in [0.15, 0.2) is 9.84 Å². The molecule has 2 atom stereocenters. The summed E-state index contributed by atoms with van der Waals surface area (Å²) in [6, 6.07) is 6.08. The van der Waals surface area contributed by atoms with E-state index in [0.29, 0.717) is 25.9 Å². The van der Waals surface area contributed by atoms with Crippen molar-refractivity contribution in [2.24, 2.45) is 0 Å². The Balaban J connectivity index is 1.74. The van der Waals surface area contributed by atoms with Crippen LogP contribution in [0.1, 0.15) is 19.3 Å². The molecule has 0 aliphatic carbocycles. The first-order valence-corrected chi connectivity index (χ1v) is 11.4. The minimum atomic E-state index is -3.63. The maximum atomic E-state index is 12.5. The van der Waals surface area contributed by atoms with Gasteiger partial charge in [-0.05, 0) is 43.5 Å². The number of sulfonamides is 1. The van der Waals surface area contributed by atoms with Crippen LogP contribution < -0.4 is 4.72 Å². The third kappa shape index (κ3) is 3.96. The lowest BCUT2D eigenvalue weighted by Gasteiger charge is -2.37. The number of ether oxygens (including phenoxy) is 1. The fourth-order valence-corrected chi connectivity index (χ4v) is 6.70. The molecule has 0 bridgehead atoms. The van der Waals surface area contributed by atoms with Gasteiger partial charge < -0.3 is 4.74 Å². The molecule has 9 heteroatoms. The Morgan fingerprint density at radius 1 is 1.26 bits per heavy atom. The molecule has 0 aromatic heterocycles. The summed E-state index contributed by atoms with van der Waals surface area (Å²) in [7, 11) is -6.71. The van der Waals surface area contributed by atoms with Gasteiger partial charge in [-0.2, -0.15) is 0 Å². The summed E-state index contributed by atoms with van der Waals surface area (Å²) in [6.45, 7) is 0.364. The molecule has 0 unspecified atom stereocenters. The van der Waals surface area contributed by atoms with E-state index in [-0.39, 0.29) is 22.4 Å². The van der Waals surface area contributed by atoms with Crippen molar-refractivity contribution < 1.29 is 21.6 Å². The van der Waals surface area contributed by atoms with Crippen molar-refractivity contribution >= 4 is 35.8 Å². The average molecular weight is 424 g/mol. The van der Waals surface area contributed by atoms with E-state index in [9.17, 15) is 16.8 Å². The number of nitrogens with one attached hydrogen (secondary N) is 1. The van der Waals surface area contributed by atoms with Crippen LogP contribution >= 0.6 is 15.9 Å². The molecule has 1 N–H and O–H groups in total. The molecule has 23 heavy (non-hydrogen) atoms. The summed E-state index contributed by atoms with van der Waals surface area (Å²) in [4.78, 5) is 0.195. The second-order valence-electron chi connectivity index (χ2n) is 6.14. The van der Waals surface area contributed by atoms with Crippen LogP contribution in [0.4, 0.5) is 0 Å². The van der Waals surface area contributed by atoms with Gasteiger partial charge in [-0.15, -0.1) is 0 Å². The van der Waals surface area contributed by atoms with Gasteiger partial charge >= 0.3 is 0 Å². The van der Waals surface area contributed by atoms with E-state index in [0.717, 1.165) is 4.47 Å². The van der Waals surface area contributed by atoms with E-state index in [1.165, 1.54) is 12.1 Å². The molecule has 2 saturated heterocycles. The van der Waals surface area contributed by atoms with E-state index in [2.05, 4.69) is 20.7 Å². The Bertz CT molecular complexity index is 791. The zero-order chi connectivity index (χ0) is 16.7. The van der Waals surface area contributed by atoms with Gasteiger partial charge in [0, 0.05) is 17.1 Å². The summed E-state index contributed by atoms with van der Waals surface area (Å²) < 4.78 is 57.6. The molecule has 3 rings (SSSR count). The Morgan fingerprint density at radius 3 is 2.57 bits per heavy atom. The number of sulfone groups is 1. The van der Waals surface area contributed by atoms with Crippen LogP contribution in [0.25, 0.3) is 0 Å². The SMILES string of the molecule is O=S1(=O)CC[C@]2(C[C@H](NS(=O)(=O)c3ccc(Br)cc3)CCO2)C1. The molecule has 0 radical (unpaired) electrons. The summed E-state index contributed by atoms with van der Waals surface area (Å²) in [5, 5.41) is 0. The van der Waals surface area contributed by atoms with E-state index in [1.807, 2.05) is 0 Å². The second-order valence-corrected chi connectivity index (χ2v) is 11.0. The highest BCUT2D eigenvalue weighted by atomic mass is 79.9. The highest BCUT2D eigenvalue weighted by molar-refractivity contribution is 9.10. The summed E-state index contributed by atoms with van der Waals surface area (Å²) in [6.07, 6.45) is 1.37. The Labute approximate surface area is 144 Å². The predicted octanol–water partition coefficient (Wildman–Crippen LogP) is 1.46. The van der Waals surface area contributed by atoms with Crippen LogP contribution in [0, 0.1) is 0 Å². The molecule has 6 nitrogen and oxygen atoms in total. The molecule has 128 valence electrons. The summed E-state index contributed by atoms with van der Waals surface area (Å²) in [5.74, 6) is 0.0929. The first kappa shape index (κ1) is 17.3. The first-order valence-electron chi connectivity index (χ1n) is 7.32. The molecule has 1 spiro atoms. The molecular weight excluding hydrogens is 406 g/mol. The molecule has 1 aromatic rings. The molecule has 2 aliphatic heterocycles. The van der Waals surface area contributed by atoms with E-state index < -0.39 is 25.5 Å². The molecular formula is C14H18BrNO5S2. The van der Waals surface area contributed by atoms with Crippen molar-refractivity contribution in [1.29, 1.82) is 0 Å². The van der Waals surface area contributed by atoms with Gasteiger partial charge in [-0.3, -0.25) is 0 Å². The van der Waals surface area contributed by atoms with Crippen molar-refractivity contribution in [3.63, 3.8) is 0 Å². The zero-order valence-electron chi connectivity index (χ0n) is 12.4. The van der Waals surface area contributed by atoms with Crippen LogP contribution in [0.3, 0.4) is 0 Å². The van der Waals surface area contributed by atoms with Crippen LogP contribution in [-0.4, -0.2) is 46.6 Å². The third-order valence-electron chi connectivity index (χ3n) is 4.29. The number of hydrogen-bond donors (Lipinski definition) is 1. The molecule has 0 saturated carbocycles. The third-order valence-corrected chi connectivity index (χ3v) is 8.15. The highest BCUT2D eigenvalue weighted by Gasteiger charge is 2.47. The van der Waals surface area contributed by atoms with Crippen LogP contribution in [0.2, 0.25) is 0 Å². The van der Waals surface area contributed by atoms with E-state index in [1.54, 1.807) is 12.1 Å². The molecule has 0 amide bonds. The van der Waals surface area contributed by atoms with E-state index in [4.69, 9.17) is 4.74 Å². The van der Waals surface area contributed by atoms with Gasteiger partial charge in [0.05, 0.1) is 22.0 Å². The quantitative estimate of drug-likeness (QED) is 0.794. The standard InChI is InChI=1S/C14H18BrNO5S2/c15-11-1-3-13(4-2-11)23(19,20)16-12-5-7-21-14(9-12)6-8-22(17,18)10-14/h1-4,12,16H,5-10H2/t12-,14+/m1/s1. The fourth-order valence-electron chi connectivity index (χ4n) is 3.19. The van der Waals surface area contributed by atoms with Crippen LogP contribution in [0.15, 0.2) is 33.6 Å². The highest BCUT2D eigenvalue weighted by Crippen LogP contribution is 2.36. The lowest BCUT2D eigenvalue weighted by atomic mass is 9.90. The monoisotopic (exact) mass is 423 g/mol. The molecule has 2 heterocycles. The molecule has 2 aliphatic rings. The van der Waals surface area contributed by atoms with Gasteiger partial charge in [0.1, 0.15) is 0 Å². The smallest absolute Gasteiger partial charge is 0.240 e. The predicted molar refractivity (Wildman–Crippen MR) is 89.4 cm³/mol. The normalized spacial score (nSPS) is 30.6. The average Bonchev–Trinajstić information content (AvgIpc) is 2.73. The van der Waals surface area contributed by atoms with Gasteiger partial charge in [-0.25, -0.2) is 21.6 Å². The van der Waals surface area contributed by atoms with Crippen molar-refractivity contribution in [3.8, 4) is 0 Å². The van der Waals surface area contributed by atoms with Crippen molar-refractivity contribution in [1.82, 2.24) is 4.72 Å².